The summed E-state index contributed by atoms with van der Waals surface area (Å²) in [6.07, 6.45) is 0. The molecule has 118 valence electrons. The SMILES string of the molecule is CC(C)(C)c1cc(-c2ccccc2)[o+]c2c1ccc1ccccc12. The number of fused-ring (bicyclic) bond motifs is 3. The Morgan fingerprint density at radius 3 is 2.17 bits per heavy atom. The van der Waals surface area contributed by atoms with Crippen LogP contribution >= 0.6 is 0 Å². The van der Waals surface area contributed by atoms with E-state index in [2.05, 4.69) is 87.5 Å². The van der Waals surface area contributed by atoms with E-state index in [9.17, 15) is 0 Å². The van der Waals surface area contributed by atoms with Crippen molar-refractivity contribution in [2.45, 2.75) is 26.2 Å². The lowest BCUT2D eigenvalue weighted by Gasteiger charge is -2.19. The molecule has 0 N–H and O–H groups in total. The van der Waals surface area contributed by atoms with Gasteiger partial charge in [-0.25, -0.2) is 4.42 Å². The average Bonchev–Trinajstić information content (AvgIpc) is 2.60. The van der Waals surface area contributed by atoms with Gasteiger partial charge in [-0.1, -0.05) is 63.2 Å². The number of hydrogen-bond donors (Lipinski definition) is 0. The highest BCUT2D eigenvalue weighted by Gasteiger charge is 2.27. The van der Waals surface area contributed by atoms with Gasteiger partial charge < -0.3 is 0 Å². The molecule has 0 unspecified atom stereocenters. The molecule has 1 heterocycles. The first-order valence-electron chi connectivity index (χ1n) is 8.38. The number of rotatable bonds is 1. The molecule has 0 amide bonds. The summed E-state index contributed by atoms with van der Waals surface area (Å²) in [5.41, 5.74) is 3.44. The van der Waals surface area contributed by atoms with Crippen LogP contribution in [-0.2, 0) is 5.41 Å². The van der Waals surface area contributed by atoms with E-state index in [1.54, 1.807) is 0 Å². The molecule has 4 aromatic rings. The Balaban J connectivity index is 2.14. The maximum atomic E-state index is 6.40. The molecule has 0 saturated carbocycles. The second kappa shape index (κ2) is 5.45. The standard InChI is InChI=1S/C23H21O/c1-23(2,3)20-15-21(17-10-5-4-6-11-17)24-22-18-12-8-7-9-16(18)13-14-19(20)22/h4-15H,1-3H3/q+1. The van der Waals surface area contributed by atoms with Gasteiger partial charge in [0, 0.05) is 6.07 Å². The highest BCUT2D eigenvalue weighted by molar-refractivity contribution is 6.05. The highest BCUT2D eigenvalue weighted by Crippen LogP contribution is 2.37. The zero-order valence-corrected chi connectivity index (χ0v) is 14.3. The third-order valence-corrected chi connectivity index (χ3v) is 4.52. The maximum absolute atomic E-state index is 6.40. The van der Waals surface area contributed by atoms with Crippen LogP contribution in [0.1, 0.15) is 26.3 Å². The maximum Gasteiger partial charge on any atom is 0.368 e. The summed E-state index contributed by atoms with van der Waals surface area (Å²) in [5.74, 6) is 0.921. The van der Waals surface area contributed by atoms with Crippen LogP contribution in [0, 0.1) is 0 Å². The van der Waals surface area contributed by atoms with Crippen molar-refractivity contribution < 1.29 is 4.42 Å². The fourth-order valence-corrected chi connectivity index (χ4v) is 3.28. The lowest BCUT2D eigenvalue weighted by molar-refractivity contribution is 0.576. The molecular weight excluding hydrogens is 292 g/mol. The Bertz CT molecular complexity index is 1020. The Morgan fingerprint density at radius 2 is 1.42 bits per heavy atom. The molecule has 0 atom stereocenters. The predicted octanol–water partition coefficient (Wildman–Crippen LogP) is 6.83. The van der Waals surface area contributed by atoms with Crippen molar-refractivity contribution in [3.63, 3.8) is 0 Å². The molecule has 4 rings (SSSR count). The zero-order valence-electron chi connectivity index (χ0n) is 14.3. The summed E-state index contributed by atoms with van der Waals surface area (Å²) >= 11 is 0. The second-order valence-electron chi connectivity index (χ2n) is 7.30. The van der Waals surface area contributed by atoms with E-state index in [1.165, 1.54) is 21.7 Å². The van der Waals surface area contributed by atoms with Crippen molar-refractivity contribution in [3.8, 4) is 11.3 Å². The second-order valence-corrected chi connectivity index (χ2v) is 7.30. The molecule has 1 nitrogen and oxygen atoms in total. The third-order valence-electron chi connectivity index (χ3n) is 4.52. The minimum atomic E-state index is 0.0427. The number of benzene rings is 3. The van der Waals surface area contributed by atoms with Crippen LogP contribution < -0.4 is 0 Å². The lowest BCUT2D eigenvalue weighted by atomic mass is 9.84. The van der Waals surface area contributed by atoms with E-state index in [1.807, 2.05) is 6.07 Å². The summed E-state index contributed by atoms with van der Waals surface area (Å²) in [5, 5.41) is 3.57. The van der Waals surface area contributed by atoms with Crippen molar-refractivity contribution >= 4 is 21.7 Å². The molecule has 0 aliphatic heterocycles. The first kappa shape index (κ1) is 14.9. The Hall–Kier alpha value is -2.67. The van der Waals surface area contributed by atoms with Crippen LogP contribution in [0.3, 0.4) is 0 Å². The van der Waals surface area contributed by atoms with E-state index in [0.717, 1.165) is 16.9 Å². The van der Waals surface area contributed by atoms with Crippen LogP contribution in [0.4, 0.5) is 0 Å². The summed E-state index contributed by atoms with van der Waals surface area (Å²) < 4.78 is 6.40. The van der Waals surface area contributed by atoms with E-state index >= 15 is 0 Å². The first-order chi connectivity index (χ1) is 11.5. The minimum absolute atomic E-state index is 0.0427. The van der Waals surface area contributed by atoms with Crippen molar-refractivity contribution in [3.05, 3.63) is 78.4 Å². The van der Waals surface area contributed by atoms with Crippen molar-refractivity contribution in [2.24, 2.45) is 0 Å². The van der Waals surface area contributed by atoms with Crippen molar-refractivity contribution in [1.29, 1.82) is 0 Å². The van der Waals surface area contributed by atoms with Crippen LogP contribution in [0.2, 0.25) is 0 Å². The minimum Gasteiger partial charge on any atom is -0.206 e. The van der Waals surface area contributed by atoms with Gasteiger partial charge in [0.1, 0.15) is 0 Å². The van der Waals surface area contributed by atoms with Gasteiger partial charge in [0.25, 0.3) is 0 Å². The van der Waals surface area contributed by atoms with Gasteiger partial charge in [0.2, 0.25) is 0 Å². The molecule has 1 heteroatoms. The molecule has 1 aromatic heterocycles. The predicted molar refractivity (Wildman–Crippen MR) is 102 cm³/mol. The van der Waals surface area contributed by atoms with Gasteiger partial charge in [0.15, 0.2) is 0 Å². The Morgan fingerprint density at radius 1 is 0.708 bits per heavy atom. The van der Waals surface area contributed by atoms with Gasteiger partial charge in [-0.15, -0.1) is 0 Å². The summed E-state index contributed by atoms with van der Waals surface area (Å²) in [4.78, 5) is 0. The number of hydrogen-bond acceptors (Lipinski definition) is 0. The van der Waals surface area contributed by atoms with Crippen LogP contribution in [0.5, 0.6) is 0 Å². The fourth-order valence-electron chi connectivity index (χ4n) is 3.28. The topological polar surface area (TPSA) is 11.3 Å². The van der Waals surface area contributed by atoms with Crippen molar-refractivity contribution in [1.82, 2.24) is 0 Å². The van der Waals surface area contributed by atoms with E-state index in [0.29, 0.717) is 0 Å². The smallest absolute Gasteiger partial charge is 0.206 e. The lowest BCUT2D eigenvalue weighted by Crippen LogP contribution is -2.12. The monoisotopic (exact) mass is 313 g/mol. The third kappa shape index (κ3) is 2.46. The van der Waals surface area contributed by atoms with Crippen LogP contribution in [0.25, 0.3) is 33.1 Å². The van der Waals surface area contributed by atoms with Crippen LogP contribution in [-0.4, -0.2) is 0 Å². The molecule has 3 aromatic carbocycles. The normalized spacial score (nSPS) is 12.0. The van der Waals surface area contributed by atoms with Gasteiger partial charge in [-0.3, -0.25) is 0 Å². The molecule has 24 heavy (non-hydrogen) atoms. The average molecular weight is 313 g/mol. The quantitative estimate of drug-likeness (QED) is 0.277. The molecule has 0 aliphatic carbocycles. The Kier molecular flexibility index (Phi) is 3.38. The molecule has 0 fully saturated rings. The van der Waals surface area contributed by atoms with E-state index in [4.69, 9.17) is 4.42 Å². The van der Waals surface area contributed by atoms with E-state index < -0.39 is 0 Å². The molecular formula is C23H21O+. The zero-order chi connectivity index (χ0) is 16.7. The molecule has 0 saturated heterocycles. The molecule has 0 radical (unpaired) electrons. The first-order valence-corrected chi connectivity index (χ1v) is 8.38. The fraction of sp³-hybridized carbons (Fsp3) is 0.174. The largest absolute Gasteiger partial charge is 0.368 e. The van der Waals surface area contributed by atoms with E-state index in [-0.39, 0.29) is 5.41 Å². The van der Waals surface area contributed by atoms with Gasteiger partial charge >= 0.3 is 11.3 Å². The highest BCUT2D eigenvalue weighted by atomic mass is 16.3. The van der Waals surface area contributed by atoms with Gasteiger partial charge in [0.05, 0.1) is 16.3 Å². The van der Waals surface area contributed by atoms with Crippen LogP contribution in [0.15, 0.2) is 77.2 Å². The Labute approximate surface area is 142 Å². The molecule has 0 aliphatic rings. The summed E-state index contributed by atoms with van der Waals surface area (Å²) in [6.45, 7) is 6.77. The summed E-state index contributed by atoms with van der Waals surface area (Å²) in [6, 6.07) is 25.3. The van der Waals surface area contributed by atoms with Crippen molar-refractivity contribution in [2.75, 3.05) is 0 Å². The van der Waals surface area contributed by atoms with Gasteiger partial charge in [-0.2, -0.15) is 0 Å². The summed E-state index contributed by atoms with van der Waals surface area (Å²) in [7, 11) is 0. The molecule has 0 bridgehead atoms. The van der Waals surface area contributed by atoms with Gasteiger partial charge in [-0.05, 0) is 40.6 Å². The molecule has 0 spiro atoms.